The van der Waals surface area contributed by atoms with Gasteiger partial charge in [-0.25, -0.2) is 9.97 Å². The van der Waals surface area contributed by atoms with Crippen LogP contribution in [0.25, 0.3) is 0 Å². The van der Waals surface area contributed by atoms with E-state index in [0.29, 0.717) is 0 Å². The molecule has 1 aromatic heterocycles. The van der Waals surface area contributed by atoms with Crippen LogP contribution in [0.1, 0.15) is 22.5 Å². The van der Waals surface area contributed by atoms with Gasteiger partial charge >= 0.3 is 0 Å². The molecule has 1 fully saturated rings. The Morgan fingerprint density at radius 1 is 1.50 bits per heavy atom. The molecule has 0 saturated carbocycles. The van der Waals surface area contributed by atoms with Crippen molar-refractivity contribution in [2.75, 3.05) is 20.1 Å². The Kier molecular flexibility index (Phi) is 2.92. The van der Waals surface area contributed by atoms with Crippen molar-refractivity contribution in [1.29, 1.82) is 0 Å². The molecule has 0 atom stereocenters. The Morgan fingerprint density at radius 3 is 2.81 bits per heavy atom. The summed E-state index contributed by atoms with van der Waals surface area (Å²) in [5.74, 6) is 0. The van der Waals surface area contributed by atoms with E-state index >= 15 is 0 Å². The molecule has 2 heterocycles. The quantitative estimate of drug-likeness (QED) is 0.760. The Hall–Kier alpha value is -0.710. The molecule has 1 saturated heterocycles. The highest BCUT2D eigenvalue weighted by Gasteiger charge is 2.18. The van der Waals surface area contributed by atoms with Crippen molar-refractivity contribution in [1.82, 2.24) is 14.9 Å². The van der Waals surface area contributed by atoms with Crippen LogP contribution in [0.3, 0.4) is 0 Å². The minimum absolute atomic E-state index is 0.176. The van der Waals surface area contributed by atoms with Crippen molar-refractivity contribution in [3.05, 3.63) is 23.2 Å². The van der Waals surface area contributed by atoms with Gasteiger partial charge in [0.2, 0.25) is 5.28 Å². The van der Waals surface area contributed by atoms with Crippen LogP contribution in [0, 0.1) is 0 Å². The maximum absolute atomic E-state index is 7.09. The average Bonchev–Trinajstić information content (AvgIpc) is 2.33. The highest BCUT2D eigenvalue weighted by molar-refractivity contribution is 6.28. The number of likely N-dealkylation sites (tertiary alicyclic amines) is 1. The molecule has 0 spiro atoms. The molecule has 4 nitrogen and oxygen atoms in total. The lowest BCUT2D eigenvalue weighted by Crippen LogP contribution is -2.36. The smallest absolute Gasteiger partial charge is 0.222 e. The summed E-state index contributed by atoms with van der Waals surface area (Å²) in [4.78, 5) is 10.1. The van der Waals surface area contributed by atoms with E-state index in [1.807, 2.05) is 0 Å². The Morgan fingerprint density at radius 2 is 2.19 bits per heavy atom. The minimum Gasteiger partial charge on any atom is -0.381 e. The molecule has 1 aliphatic rings. The van der Waals surface area contributed by atoms with Gasteiger partial charge in [-0.2, -0.15) is 0 Å². The Balaban J connectivity index is 1.79. The molecular weight excluding hydrogens is 226 g/mol. The van der Waals surface area contributed by atoms with Gasteiger partial charge in [0.15, 0.2) is 0 Å². The van der Waals surface area contributed by atoms with E-state index in [4.69, 9.17) is 20.5 Å². The van der Waals surface area contributed by atoms with Gasteiger partial charge in [-0.3, -0.25) is 4.90 Å². The first-order valence-corrected chi connectivity index (χ1v) is 5.67. The number of aromatic nitrogens is 2. The van der Waals surface area contributed by atoms with Crippen molar-refractivity contribution >= 4 is 11.6 Å². The van der Waals surface area contributed by atoms with Gasteiger partial charge in [0, 0.05) is 44.6 Å². The van der Waals surface area contributed by atoms with E-state index in [2.05, 4.69) is 14.9 Å². The van der Waals surface area contributed by atoms with Crippen LogP contribution in [0.15, 0.2) is 12.4 Å². The number of nitrogens with zero attached hydrogens (tertiary/aromatic N) is 3. The molecule has 1 aliphatic heterocycles. The maximum Gasteiger partial charge on any atom is 0.222 e. The van der Waals surface area contributed by atoms with Gasteiger partial charge in [0.05, 0.1) is 10.2 Å². The molecule has 5 heteroatoms. The normalized spacial score (nSPS) is 22.4. The summed E-state index contributed by atoms with van der Waals surface area (Å²) in [6.07, 6.45) is 4.70. The van der Waals surface area contributed by atoms with Crippen molar-refractivity contribution < 1.29 is 8.85 Å². The number of hydrogen-bond donors (Lipinski definition) is 0. The van der Waals surface area contributed by atoms with E-state index in [-0.39, 0.29) is 11.4 Å². The van der Waals surface area contributed by atoms with E-state index < -0.39 is 7.04 Å². The highest BCUT2D eigenvalue weighted by Crippen LogP contribution is 2.15. The largest absolute Gasteiger partial charge is 0.381 e. The van der Waals surface area contributed by atoms with Gasteiger partial charge < -0.3 is 4.74 Å². The topological polar surface area (TPSA) is 38.2 Å². The van der Waals surface area contributed by atoms with Crippen molar-refractivity contribution in [2.24, 2.45) is 0 Å². The van der Waals surface area contributed by atoms with Gasteiger partial charge in [0.25, 0.3) is 0 Å². The fraction of sp³-hybridized carbons (Fsp3) is 0.636. The number of ether oxygens (including phenoxy) is 1. The zero-order valence-corrected chi connectivity index (χ0v) is 9.65. The van der Waals surface area contributed by atoms with Gasteiger partial charge in [-0.1, -0.05) is 0 Å². The molecule has 1 aromatic rings. The highest BCUT2D eigenvalue weighted by atomic mass is 35.5. The monoisotopic (exact) mass is 244 g/mol. The maximum atomic E-state index is 7.09. The molecule has 0 amide bonds. The summed E-state index contributed by atoms with van der Waals surface area (Å²) in [5.41, 5.74) is 1.000. The van der Waals surface area contributed by atoms with E-state index in [1.54, 1.807) is 12.4 Å². The first kappa shape index (κ1) is 8.39. The molecule has 0 bridgehead atoms. The summed E-state index contributed by atoms with van der Waals surface area (Å²) < 4.78 is 26.3. The molecule has 0 N–H and O–H groups in total. The second-order valence-corrected chi connectivity index (χ2v) is 4.29. The summed E-state index contributed by atoms with van der Waals surface area (Å²) in [6.45, 7) is 2.37. The van der Waals surface area contributed by atoms with Crippen LogP contribution < -0.4 is 0 Å². The lowest BCUT2D eigenvalue weighted by atomic mass is 10.1. The Labute approximate surface area is 105 Å². The first-order chi connectivity index (χ1) is 8.92. The molecular formula is C11H16ClN3O. The lowest BCUT2D eigenvalue weighted by Gasteiger charge is -2.30. The zero-order chi connectivity index (χ0) is 13.9. The van der Waals surface area contributed by atoms with Crippen LogP contribution in [-0.4, -0.2) is 41.1 Å². The van der Waals surface area contributed by atoms with Crippen LogP contribution in [0.5, 0.6) is 0 Å². The second-order valence-electron chi connectivity index (χ2n) is 3.95. The summed E-state index contributed by atoms with van der Waals surface area (Å²) in [6, 6.07) is 0. The molecule has 16 heavy (non-hydrogen) atoms. The van der Waals surface area contributed by atoms with E-state index in [0.717, 1.165) is 38.0 Å². The molecule has 0 radical (unpaired) electrons. The van der Waals surface area contributed by atoms with Crippen molar-refractivity contribution in [3.8, 4) is 0 Å². The number of piperidine rings is 1. The van der Waals surface area contributed by atoms with Crippen LogP contribution in [0.4, 0.5) is 0 Å². The second kappa shape index (κ2) is 5.57. The first-order valence-electron chi connectivity index (χ1n) is 6.79. The predicted molar refractivity (Wildman–Crippen MR) is 62.4 cm³/mol. The van der Waals surface area contributed by atoms with E-state index in [1.165, 1.54) is 0 Å². The van der Waals surface area contributed by atoms with Crippen molar-refractivity contribution in [3.63, 3.8) is 0 Å². The third-order valence-electron chi connectivity index (χ3n) is 2.78. The number of methoxy groups -OCH3 is 1. The third-order valence-corrected chi connectivity index (χ3v) is 2.98. The molecule has 0 aliphatic carbocycles. The van der Waals surface area contributed by atoms with E-state index in [9.17, 15) is 0 Å². The molecule has 88 valence electrons. The number of hydrogen-bond acceptors (Lipinski definition) is 4. The Bertz CT molecular complexity index is 405. The van der Waals surface area contributed by atoms with Crippen LogP contribution in [0.2, 0.25) is 5.28 Å². The van der Waals surface area contributed by atoms with Crippen LogP contribution in [-0.2, 0) is 11.3 Å². The van der Waals surface area contributed by atoms with Crippen molar-refractivity contribution in [2.45, 2.75) is 25.5 Å². The SMILES string of the molecule is [2H]C([2H])([2H])OC1CCN(Cc2cnc(Cl)nc2)CC1. The average molecular weight is 245 g/mol. The summed E-state index contributed by atoms with van der Waals surface area (Å²) in [5, 5.41) is 0.244. The predicted octanol–water partition coefficient (Wildman–Crippen LogP) is 1.74. The standard InChI is InChI=1S/C11H16ClN3O/c1-16-10-2-4-15(5-3-10)8-9-6-13-11(12)14-7-9/h6-7,10H,2-5,8H2,1H3/i1D3. The summed E-state index contributed by atoms with van der Waals surface area (Å²) in [7, 11) is -2.29. The number of rotatable bonds is 3. The van der Waals surface area contributed by atoms with Gasteiger partial charge in [-0.15, -0.1) is 0 Å². The summed E-state index contributed by atoms with van der Waals surface area (Å²) >= 11 is 5.63. The van der Waals surface area contributed by atoms with Gasteiger partial charge in [0.1, 0.15) is 0 Å². The number of halogens is 1. The zero-order valence-electron chi connectivity index (χ0n) is 11.9. The van der Waals surface area contributed by atoms with Crippen LogP contribution >= 0.6 is 11.6 Å². The molecule has 0 unspecified atom stereocenters. The fourth-order valence-electron chi connectivity index (χ4n) is 1.86. The lowest BCUT2D eigenvalue weighted by molar-refractivity contribution is 0.0388. The minimum atomic E-state index is -2.29. The fourth-order valence-corrected chi connectivity index (χ4v) is 1.96. The molecule has 2 rings (SSSR count). The molecule has 0 aromatic carbocycles. The third kappa shape index (κ3) is 3.14. The van der Waals surface area contributed by atoms with Gasteiger partial charge in [-0.05, 0) is 24.4 Å².